The Kier molecular flexibility index (Phi) is 34.8. The van der Waals surface area contributed by atoms with Gasteiger partial charge in [0.15, 0.2) is 0 Å². The van der Waals surface area contributed by atoms with Crippen molar-refractivity contribution in [3.63, 3.8) is 0 Å². The van der Waals surface area contributed by atoms with Gasteiger partial charge in [0.2, 0.25) is 0 Å². The molecule has 0 saturated heterocycles. The second-order valence-electron chi connectivity index (χ2n) is 24.5. The molecule has 9 heteroatoms. The maximum absolute atomic E-state index is 14.3. The predicted molar refractivity (Wildman–Crippen MR) is 365 cm³/mol. The summed E-state index contributed by atoms with van der Waals surface area (Å²) in [6.45, 7) is 8.47. The van der Waals surface area contributed by atoms with Crippen molar-refractivity contribution >= 4 is 23.8 Å². The summed E-state index contributed by atoms with van der Waals surface area (Å²) in [5.74, 6) is 1.07. The van der Waals surface area contributed by atoms with Crippen molar-refractivity contribution < 1.29 is 38.1 Å². The molecule has 0 saturated carbocycles. The number of imide groups is 1. The highest BCUT2D eigenvalue weighted by molar-refractivity contribution is 6.10. The molecular weight excluding hydrogens is 1100 g/mol. The molecule has 6 aromatic rings. The lowest BCUT2D eigenvalue weighted by molar-refractivity contribution is 0.0611. The Morgan fingerprint density at radius 3 is 0.798 bits per heavy atom. The quantitative estimate of drug-likeness (QED) is 0.0161. The van der Waals surface area contributed by atoms with Gasteiger partial charge in [0.25, 0.3) is 11.8 Å². The zero-order valence-corrected chi connectivity index (χ0v) is 54.7. The zero-order chi connectivity index (χ0) is 62.8. The van der Waals surface area contributed by atoms with Crippen molar-refractivity contribution in [2.24, 2.45) is 0 Å². The van der Waals surface area contributed by atoms with Gasteiger partial charge in [0.1, 0.15) is 23.0 Å². The number of hydrogen-bond donors (Lipinski definition) is 0. The van der Waals surface area contributed by atoms with Crippen LogP contribution in [-0.4, -0.2) is 48.4 Å². The number of hydrogen-bond acceptors (Lipinski definition) is 8. The average molecular weight is 1210 g/mol. The Balaban J connectivity index is 0.925. The van der Waals surface area contributed by atoms with Gasteiger partial charge in [-0.2, -0.15) is 0 Å². The first-order chi connectivity index (χ1) is 43.7. The van der Waals surface area contributed by atoms with Crippen LogP contribution in [0.25, 0.3) is 0 Å². The van der Waals surface area contributed by atoms with E-state index in [9.17, 15) is 19.2 Å². The number of esters is 2. The minimum Gasteiger partial charge on any atom is -0.494 e. The molecule has 0 aliphatic heterocycles. The van der Waals surface area contributed by atoms with E-state index in [0.717, 1.165) is 91.5 Å². The molecule has 0 aliphatic rings. The summed E-state index contributed by atoms with van der Waals surface area (Å²) in [7, 11) is 0. The molecule has 2 amide bonds. The molecule has 480 valence electrons. The molecule has 0 unspecified atom stereocenters. The zero-order valence-electron chi connectivity index (χ0n) is 54.7. The number of carbonyl (C=O) groups excluding carboxylic acids is 4. The highest BCUT2D eigenvalue weighted by Crippen LogP contribution is 2.23. The molecule has 6 rings (SSSR count). The molecule has 0 bridgehead atoms. The summed E-state index contributed by atoms with van der Waals surface area (Å²) < 4.78 is 23.3. The normalized spacial score (nSPS) is 11.1. The van der Waals surface area contributed by atoms with Crippen LogP contribution in [0.15, 0.2) is 146 Å². The number of aryl methyl sites for hydroxylation is 4. The number of carbonyl (C=O) groups is 4. The van der Waals surface area contributed by atoms with Crippen molar-refractivity contribution in [2.75, 3.05) is 19.8 Å². The van der Waals surface area contributed by atoms with Crippen LogP contribution in [0.4, 0.5) is 0 Å². The van der Waals surface area contributed by atoms with Gasteiger partial charge in [-0.25, -0.2) is 9.59 Å². The monoisotopic (exact) mass is 1210 g/mol. The number of nitrogens with zero attached hydrogens (tertiary/aromatic N) is 1. The highest BCUT2D eigenvalue weighted by Gasteiger charge is 2.24. The van der Waals surface area contributed by atoms with Crippen molar-refractivity contribution in [2.45, 2.75) is 239 Å². The van der Waals surface area contributed by atoms with Crippen LogP contribution in [0.5, 0.6) is 23.0 Å². The third-order valence-electron chi connectivity index (χ3n) is 17.0. The maximum Gasteiger partial charge on any atom is 0.343 e. The first-order valence-corrected chi connectivity index (χ1v) is 34.8. The Hall–Kier alpha value is -7.00. The van der Waals surface area contributed by atoms with Gasteiger partial charge in [0.05, 0.1) is 24.3 Å². The summed E-state index contributed by atoms with van der Waals surface area (Å²) >= 11 is 0. The molecule has 0 heterocycles. The van der Waals surface area contributed by atoms with E-state index in [-0.39, 0.29) is 11.8 Å². The van der Waals surface area contributed by atoms with Crippen molar-refractivity contribution in [3.8, 4) is 23.0 Å². The lowest BCUT2D eigenvalue weighted by Crippen LogP contribution is -2.37. The standard InChI is InChI=1S/C80H107NO8/c1-4-7-10-13-16-19-22-25-28-31-62-81(77(82)69-46-38-65(39-47-69)34-36-67-42-54-75(55-43-67)88-79(84)71-50-58-73(59-51-71)86-63-32-29-26-23-20-17-14-11-8-5-2)78(83)70-48-40-66(41-49-70)35-37-68-44-56-76(57-45-68)89-80(85)72-52-60-74(61-53-72)87-64-33-30-27-24-21-18-15-12-9-6-3/h38-61H,4-37,62-64H2,1-3H3. The smallest absolute Gasteiger partial charge is 0.343 e. The third kappa shape index (κ3) is 28.6. The maximum atomic E-state index is 14.3. The van der Waals surface area contributed by atoms with Crippen LogP contribution >= 0.6 is 0 Å². The van der Waals surface area contributed by atoms with Crippen LogP contribution < -0.4 is 18.9 Å². The van der Waals surface area contributed by atoms with Gasteiger partial charge in [-0.3, -0.25) is 14.5 Å². The SMILES string of the molecule is CCCCCCCCCCCCOc1ccc(C(=O)Oc2ccc(CCc3ccc(C(=O)N(CCCCCCCCCCCC)C(=O)c4ccc(CCc5ccc(OC(=O)c6ccc(OCCCCCCCCCCCC)cc6)cc5)cc4)cc3)cc2)cc1. The molecule has 0 spiro atoms. The summed E-state index contributed by atoms with van der Waals surface area (Å²) in [4.78, 5) is 56.0. The first kappa shape index (κ1) is 71.1. The van der Waals surface area contributed by atoms with Crippen molar-refractivity contribution in [1.29, 1.82) is 0 Å². The van der Waals surface area contributed by atoms with Crippen molar-refractivity contribution in [1.82, 2.24) is 4.90 Å². The molecular formula is C80H107NO8. The Labute approximate surface area is 536 Å². The molecule has 0 aromatic heterocycles. The molecule has 0 radical (unpaired) electrons. The minimum atomic E-state index is -0.414. The predicted octanol–water partition coefficient (Wildman–Crippen LogP) is 21.5. The topological polar surface area (TPSA) is 108 Å². The highest BCUT2D eigenvalue weighted by atomic mass is 16.5. The molecule has 0 N–H and O–H groups in total. The Morgan fingerprint density at radius 1 is 0.270 bits per heavy atom. The molecule has 0 aliphatic carbocycles. The lowest BCUT2D eigenvalue weighted by atomic mass is 10.0. The van der Waals surface area contributed by atoms with Crippen LogP contribution in [-0.2, 0) is 25.7 Å². The van der Waals surface area contributed by atoms with E-state index in [1.54, 1.807) is 24.3 Å². The molecule has 9 nitrogen and oxygen atoms in total. The fraction of sp³-hybridized carbons (Fsp3) is 0.500. The Bertz CT molecular complexity index is 2670. The Morgan fingerprint density at radius 2 is 0.506 bits per heavy atom. The van der Waals surface area contributed by atoms with Gasteiger partial charge in [-0.05, 0) is 164 Å². The van der Waals surface area contributed by atoms with Gasteiger partial charge in [-0.1, -0.05) is 243 Å². The number of unbranched alkanes of at least 4 members (excludes halogenated alkanes) is 27. The van der Waals surface area contributed by atoms with Crippen LogP contribution in [0.3, 0.4) is 0 Å². The summed E-state index contributed by atoms with van der Waals surface area (Å²) in [6, 6.07) is 44.8. The van der Waals surface area contributed by atoms with E-state index in [4.69, 9.17) is 18.9 Å². The van der Waals surface area contributed by atoms with E-state index < -0.39 is 11.9 Å². The van der Waals surface area contributed by atoms with Gasteiger partial charge >= 0.3 is 11.9 Å². The second-order valence-corrected chi connectivity index (χ2v) is 24.5. The largest absolute Gasteiger partial charge is 0.494 e. The fourth-order valence-corrected chi connectivity index (χ4v) is 11.3. The number of ether oxygens (including phenoxy) is 4. The number of amides is 2. The number of rotatable bonds is 47. The van der Waals surface area contributed by atoms with Gasteiger partial charge < -0.3 is 18.9 Å². The van der Waals surface area contributed by atoms with Crippen LogP contribution in [0, 0.1) is 0 Å². The van der Waals surface area contributed by atoms with E-state index in [0.29, 0.717) is 53.5 Å². The summed E-state index contributed by atoms with van der Waals surface area (Å²) in [5.41, 5.74) is 6.25. The van der Waals surface area contributed by atoms with Gasteiger partial charge in [-0.15, -0.1) is 0 Å². The van der Waals surface area contributed by atoms with Crippen molar-refractivity contribution in [3.05, 3.63) is 190 Å². The van der Waals surface area contributed by atoms with Gasteiger partial charge in [0, 0.05) is 17.7 Å². The molecule has 0 atom stereocenters. The summed E-state index contributed by atoms with van der Waals surface area (Å²) in [5, 5.41) is 0. The molecule has 89 heavy (non-hydrogen) atoms. The minimum absolute atomic E-state index is 0.290. The van der Waals surface area contributed by atoms with E-state index in [1.165, 1.54) is 165 Å². The first-order valence-electron chi connectivity index (χ1n) is 34.8. The molecule has 6 aromatic carbocycles. The van der Waals surface area contributed by atoms with E-state index >= 15 is 0 Å². The second kappa shape index (κ2) is 43.6. The van der Waals surface area contributed by atoms with Crippen LogP contribution in [0.1, 0.15) is 277 Å². The number of benzene rings is 6. The fourth-order valence-electron chi connectivity index (χ4n) is 11.3. The average Bonchev–Trinajstić information content (AvgIpc) is 2.28. The molecule has 0 fully saturated rings. The lowest BCUT2D eigenvalue weighted by Gasteiger charge is -2.21. The van der Waals surface area contributed by atoms with E-state index in [2.05, 4.69) is 20.8 Å². The van der Waals surface area contributed by atoms with Crippen LogP contribution in [0.2, 0.25) is 0 Å². The van der Waals surface area contributed by atoms with E-state index in [1.807, 2.05) is 121 Å². The summed E-state index contributed by atoms with van der Waals surface area (Å²) in [6.07, 6.45) is 40.3. The third-order valence-corrected chi connectivity index (χ3v) is 17.0.